The third kappa shape index (κ3) is 3.19. The molecule has 5 heteroatoms. The maximum absolute atomic E-state index is 12.3. The Morgan fingerprint density at radius 1 is 1.30 bits per heavy atom. The molecular weight excluding hydrogens is 308 g/mol. The van der Waals surface area contributed by atoms with Gasteiger partial charge in [0.1, 0.15) is 5.75 Å². The van der Waals surface area contributed by atoms with Crippen molar-refractivity contribution in [2.75, 3.05) is 6.61 Å². The highest BCUT2D eigenvalue weighted by Gasteiger charge is 2.09. The number of imidazole rings is 1. The summed E-state index contributed by atoms with van der Waals surface area (Å²) in [5, 5.41) is 0. The summed E-state index contributed by atoms with van der Waals surface area (Å²) < 4.78 is 7.41. The second kappa shape index (κ2) is 6.38. The molecule has 4 nitrogen and oxygen atoms in total. The molecule has 23 heavy (non-hydrogen) atoms. The largest absolute Gasteiger partial charge is 0.494 e. The summed E-state index contributed by atoms with van der Waals surface area (Å²) in [6.45, 7) is 6.55. The summed E-state index contributed by atoms with van der Waals surface area (Å²) >= 11 is 1.64. The molecule has 0 aliphatic heterocycles. The first-order valence-electron chi connectivity index (χ1n) is 7.49. The lowest BCUT2D eigenvalue weighted by atomic mass is 10.1. The van der Waals surface area contributed by atoms with Crippen molar-refractivity contribution in [3.63, 3.8) is 0 Å². The zero-order valence-corrected chi connectivity index (χ0v) is 14.2. The van der Waals surface area contributed by atoms with Crippen LogP contribution in [0.3, 0.4) is 0 Å². The van der Waals surface area contributed by atoms with Gasteiger partial charge in [-0.3, -0.25) is 9.20 Å². The summed E-state index contributed by atoms with van der Waals surface area (Å²) in [6, 6.07) is 7.20. The second-order valence-corrected chi connectivity index (χ2v) is 6.45. The minimum atomic E-state index is -0.0330. The van der Waals surface area contributed by atoms with Gasteiger partial charge >= 0.3 is 0 Å². The highest BCUT2D eigenvalue weighted by atomic mass is 32.1. The molecule has 3 rings (SSSR count). The Bertz CT molecular complexity index is 872. The molecular formula is C18H18N2O2S. The van der Waals surface area contributed by atoms with E-state index in [1.54, 1.807) is 29.5 Å². The van der Waals surface area contributed by atoms with E-state index in [1.165, 1.54) is 4.88 Å². The van der Waals surface area contributed by atoms with Gasteiger partial charge in [-0.2, -0.15) is 0 Å². The third-order valence-corrected chi connectivity index (χ3v) is 4.40. The van der Waals surface area contributed by atoms with Crippen LogP contribution in [-0.2, 0) is 0 Å². The summed E-state index contributed by atoms with van der Waals surface area (Å²) in [7, 11) is 0. The van der Waals surface area contributed by atoms with E-state index in [0.717, 1.165) is 22.1 Å². The first-order valence-corrected chi connectivity index (χ1v) is 8.30. The molecule has 0 spiro atoms. The highest BCUT2D eigenvalue weighted by molar-refractivity contribution is 7.17. The van der Waals surface area contributed by atoms with E-state index < -0.39 is 0 Å². The van der Waals surface area contributed by atoms with Gasteiger partial charge in [-0.15, -0.1) is 11.3 Å². The molecule has 0 N–H and O–H groups in total. The summed E-state index contributed by atoms with van der Waals surface area (Å²) in [5.74, 6) is 0.740. The number of hydrogen-bond acceptors (Lipinski definition) is 4. The molecule has 0 amide bonds. The fourth-order valence-electron chi connectivity index (χ4n) is 2.41. The summed E-state index contributed by atoms with van der Waals surface area (Å²) in [5.41, 5.74) is 2.51. The molecule has 0 atom stereocenters. The maximum atomic E-state index is 12.3. The van der Waals surface area contributed by atoms with E-state index in [9.17, 15) is 4.79 Å². The van der Waals surface area contributed by atoms with Crippen LogP contribution in [-0.4, -0.2) is 21.8 Å². The molecule has 118 valence electrons. The first-order chi connectivity index (χ1) is 11.1. The van der Waals surface area contributed by atoms with Gasteiger partial charge in [-0.1, -0.05) is 0 Å². The topological polar surface area (TPSA) is 43.6 Å². The van der Waals surface area contributed by atoms with Gasteiger partial charge in [-0.25, -0.2) is 4.98 Å². The van der Waals surface area contributed by atoms with Gasteiger partial charge in [0.2, 0.25) is 0 Å². The van der Waals surface area contributed by atoms with Gasteiger partial charge in [0.15, 0.2) is 10.7 Å². The Hall–Kier alpha value is -2.40. The predicted molar refractivity (Wildman–Crippen MR) is 93.5 cm³/mol. The molecule has 2 heterocycles. The van der Waals surface area contributed by atoms with E-state index >= 15 is 0 Å². The van der Waals surface area contributed by atoms with Crippen LogP contribution < -0.4 is 4.74 Å². The van der Waals surface area contributed by atoms with Crippen molar-refractivity contribution in [1.82, 2.24) is 9.38 Å². The van der Waals surface area contributed by atoms with Crippen molar-refractivity contribution in [3.8, 4) is 5.75 Å². The van der Waals surface area contributed by atoms with Gasteiger partial charge in [-0.05, 0) is 57.2 Å². The number of thiazole rings is 1. The minimum absolute atomic E-state index is 0.0330. The SMILES string of the molecule is CCOc1ccc(C(=O)/C=C/c2c(C)nc3sc(C)cn23)cc1. The standard InChI is InChI=1S/C18H18N2O2S/c1-4-22-15-7-5-14(6-8-15)17(21)10-9-16-13(3)19-18-20(16)11-12(2)23-18/h5-11H,4H2,1-3H3/b10-9+. The molecule has 0 radical (unpaired) electrons. The zero-order valence-electron chi connectivity index (χ0n) is 13.4. The van der Waals surface area contributed by atoms with Gasteiger partial charge in [0, 0.05) is 16.6 Å². The Morgan fingerprint density at radius 2 is 2.04 bits per heavy atom. The predicted octanol–water partition coefficient (Wildman–Crippen LogP) is 4.31. The Labute approximate surface area is 139 Å². The number of aromatic nitrogens is 2. The number of ether oxygens (including phenoxy) is 1. The monoisotopic (exact) mass is 326 g/mol. The number of carbonyl (C=O) groups excluding carboxylic acids is 1. The Kier molecular flexibility index (Phi) is 4.30. The zero-order chi connectivity index (χ0) is 16.4. The smallest absolute Gasteiger partial charge is 0.194 e. The van der Waals surface area contributed by atoms with Gasteiger partial charge in [0.25, 0.3) is 0 Å². The normalized spacial score (nSPS) is 11.4. The number of aryl methyl sites for hydroxylation is 2. The number of hydrogen-bond donors (Lipinski definition) is 0. The third-order valence-electron chi connectivity index (χ3n) is 3.51. The van der Waals surface area contributed by atoms with E-state index in [2.05, 4.69) is 4.98 Å². The van der Waals surface area contributed by atoms with Crippen LogP contribution in [0.2, 0.25) is 0 Å². The summed E-state index contributed by atoms with van der Waals surface area (Å²) in [4.78, 5) is 19.0. The molecule has 1 aromatic carbocycles. The number of carbonyl (C=O) groups is 1. The molecule has 3 aromatic rings. The number of nitrogens with zero attached hydrogens (tertiary/aromatic N) is 2. The van der Waals surface area contributed by atoms with Crippen LogP contribution in [0.5, 0.6) is 5.75 Å². The number of ketones is 1. The van der Waals surface area contributed by atoms with Crippen molar-refractivity contribution in [2.24, 2.45) is 0 Å². The van der Waals surface area contributed by atoms with Crippen molar-refractivity contribution in [2.45, 2.75) is 20.8 Å². The van der Waals surface area contributed by atoms with Crippen LogP contribution in [0.4, 0.5) is 0 Å². The number of benzene rings is 1. The first kappa shape index (κ1) is 15.5. The van der Waals surface area contributed by atoms with Crippen LogP contribution in [0, 0.1) is 13.8 Å². The summed E-state index contributed by atoms with van der Waals surface area (Å²) in [6.07, 6.45) is 5.47. The molecule has 0 aliphatic rings. The van der Waals surface area contributed by atoms with E-state index in [0.29, 0.717) is 12.2 Å². The van der Waals surface area contributed by atoms with E-state index in [-0.39, 0.29) is 5.78 Å². The highest BCUT2D eigenvalue weighted by Crippen LogP contribution is 2.22. The van der Waals surface area contributed by atoms with E-state index in [4.69, 9.17) is 4.74 Å². The molecule has 0 unspecified atom stereocenters. The number of rotatable bonds is 5. The molecule has 0 saturated carbocycles. The average molecular weight is 326 g/mol. The molecule has 0 fully saturated rings. The lowest BCUT2D eigenvalue weighted by Crippen LogP contribution is -1.96. The van der Waals surface area contributed by atoms with Crippen LogP contribution in [0.25, 0.3) is 11.0 Å². The number of allylic oxidation sites excluding steroid dienone is 1. The Balaban J connectivity index is 1.83. The average Bonchev–Trinajstić information content (AvgIpc) is 3.01. The lowest BCUT2D eigenvalue weighted by molar-refractivity contribution is 0.104. The molecule has 0 bridgehead atoms. The van der Waals surface area contributed by atoms with Crippen LogP contribution in [0.1, 0.15) is 33.5 Å². The number of fused-ring (bicyclic) bond motifs is 1. The molecule has 2 aromatic heterocycles. The van der Waals surface area contributed by atoms with Crippen molar-refractivity contribution >= 4 is 28.2 Å². The lowest BCUT2D eigenvalue weighted by Gasteiger charge is -2.02. The van der Waals surface area contributed by atoms with Gasteiger partial charge in [0.05, 0.1) is 18.0 Å². The minimum Gasteiger partial charge on any atom is -0.494 e. The maximum Gasteiger partial charge on any atom is 0.194 e. The Morgan fingerprint density at radius 3 is 2.74 bits per heavy atom. The van der Waals surface area contributed by atoms with Crippen molar-refractivity contribution in [3.05, 3.63) is 58.4 Å². The quantitative estimate of drug-likeness (QED) is 0.518. The van der Waals surface area contributed by atoms with Gasteiger partial charge < -0.3 is 4.74 Å². The van der Waals surface area contributed by atoms with Crippen molar-refractivity contribution < 1.29 is 9.53 Å². The fourth-order valence-corrected chi connectivity index (χ4v) is 3.29. The van der Waals surface area contributed by atoms with Crippen LogP contribution in [0.15, 0.2) is 36.5 Å². The van der Waals surface area contributed by atoms with E-state index in [1.807, 2.05) is 49.6 Å². The van der Waals surface area contributed by atoms with Crippen molar-refractivity contribution in [1.29, 1.82) is 0 Å². The van der Waals surface area contributed by atoms with Crippen LogP contribution >= 0.6 is 11.3 Å². The molecule has 0 aliphatic carbocycles. The fraction of sp³-hybridized carbons (Fsp3) is 0.222. The second-order valence-electron chi connectivity index (χ2n) is 5.23. The molecule has 0 saturated heterocycles.